The fourth-order valence-corrected chi connectivity index (χ4v) is 5.18. The van der Waals surface area contributed by atoms with Crippen LogP contribution in [-0.4, -0.2) is 30.6 Å². The topological polar surface area (TPSA) is 101 Å². The number of carbonyl (C=O) groups excluding carboxylic acids is 1. The van der Waals surface area contributed by atoms with Crippen LogP contribution in [0.5, 0.6) is 5.75 Å². The molecule has 1 atom stereocenters. The second-order valence-electron chi connectivity index (χ2n) is 8.64. The Hall–Kier alpha value is -3.00. The zero-order chi connectivity index (χ0) is 24.1. The Morgan fingerprint density at radius 1 is 1.15 bits per heavy atom. The van der Waals surface area contributed by atoms with Crippen LogP contribution in [-0.2, 0) is 4.79 Å². The van der Waals surface area contributed by atoms with Crippen molar-refractivity contribution in [3.05, 3.63) is 58.3 Å². The molecule has 3 aromatic rings. The van der Waals surface area contributed by atoms with Crippen LogP contribution in [0.15, 0.2) is 51.4 Å². The number of rotatable bonds is 9. The molecule has 1 unspecified atom stereocenters. The normalized spacial score (nSPS) is 15.1. The zero-order valence-electron chi connectivity index (χ0n) is 19.1. The first kappa shape index (κ1) is 24.1. The van der Waals surface area contributed by atoms with Gasteiger partial charge in [-0.25, -0.2) is 0 Å². The van der Waals surface area contributed by atoms with Gasteiger partial charge in [-0.05, 0) is 77.2 Å². The van der Waals surface area contributed by atoms with Crippen molar-refractivity contribution >= 4 is 44.5 Å². The molecule has 8 heteroatoms. The minimum Gasteiger partial charge on any atom is -0.497 e. The molecule has 0 aliphatic heterocycles. The molecule has 1 aromatic heterocycles. The van der Waals surface area contributed by atoms with Gasteiger partial charge in [-0.2, -0.15) is 0 Å². The highest BCUT2D eigenvalue weighted by Gasteiger charge is 2.30. The number of carboxylic acids is 1. The number of hydrogen-bond donors (Lipinski definition) is 3. The largest absolute Gasteiger partial charge is 0.497 e. The lowest BCUT2D eigenvalue weighted by Gasteiger charge is -2.30. The summed E-state index contributed by atoms with van der Waals surface area (Å²) in [4.78, 5) is 22.9. The minimum absolute atomic E-state index is 0.0247. The molecular weight excluding hydrogens is 500 g/mol. The Morgan fingerprint density at radius 3 is 2.56 bits per heavy atom. The molecule has 1 aliphatic carbocycles. The summed E-state index contributed by atoms with van der Waals surface area (Å²) in [5.74, 6) is 0.839. The maximum absolute atomic E-state index is 12.3. The third-order valence-electron chi connectivity index (χ3n) is 6.36. The first-order chi connectivity index (χ1) is 16.5. The third-order valence-corrected chi connectivity index (χ3v) is 7.17. The van der Waals surface area contributed by atoms with Crippen LogP contribution >= 0.6 is 15.9 Å². The summed E-state index contributed by atoms with van der Waals surface area (Å²) in [6, 6.07) is 13.0. The second-order valence-corrected chi connectivity index (χ2v) is 9.43. The van der Waals surface area contributed by atoms with Crippen LogP contribution in [0.2, 0.25) is 0 Å². The van der Waals surface area contributed by atoms with Crippen molar-refractivity contribution in [2.75, 3.05) is 19.0 Å². The number of carboxylic acid groups (broad SMARTS) is 1. The van der Waals surface area contributed by atoms with Gasteiger partial charge < -0.3 is 24.9 Å². The average Bonchev–Trinajstić information content (AvgIpc) is 3.18. The van der Waals surface area contributed by atoms with Crippen LogP contribution in [0, 0.1) is 5.92 Å². The van der Waals surface area contributed by atoms with Crippen molar-refractivity contribution in [3.8, 4) is 5.75 Å². The van der Waals surface area contributed by atoms with E-state index in [0.717, 1.165) is 45.5 Å². The summed E-state index contributed by atoms with van der Waals surface area (Å²) >= 11 is 3.78. The van der Waals surface area contributed by atoms with Gasteiger partial charge in [0.1, 0.15) is 17.1 Å². The molecule has 0 spiro atoms. The van der Waals surface area contributed by atoms with E-state index in [1.165, 1.54) is 19.3 Å². The van der Waals surface area contributed by atoms with Gasteiger partial charge in [-0.15, -0.1) is 0 Å². The van der Waals surface area contributed by atoms with E-state index in [-0.39, 0.29) is 24.9 Å². The molecule has 0 saturated heterocycles. The maximum Gasteiger partial charge on any atom is 0.305 e. The van der Waals surface area contributed by atoms with Gasteiger partial charge in [-0.3, -0.25) is 9.59 Å². The molecule has 0 bridgehead atoms. The number of aliphatic carboxylic acids is 1. The number of amides is 1. The predicted octanol–water partition coefficient (Wildman–Crippen LogP) is 6.14. The first-order valence-corrected chi connectivity index (χ1v) is 12.4. The van der Waals surface area contributed by atoms with Gasteiger partial charge in [0.2, 0.25) is 0 Å². The highest BCUT2D eigenvalue weighted by atomic mass is 79.9. The molecule has 1 saturated carbocycles. The third kappa shape index (κ3) is 5.55. The average molecular weight is 529 g/mol. The summed E-state index contributed by atoms with van der Waals surface area (Å²) in [6.07, 6.45) is 5.79. The van der Waals surface area contributed by atoms with Gasteiger partial charge in [-0.1, -0.05) is 19.3 Å². The molecule has 1 fully saturated rings. The number of methoxy groups -OCH3 is 1. The fraction of sp³-hybridized carbons (Fsp3) is 0.385. The maximum atomic E-state index is 12.3. The van der Waals surface area contributed by atoms with E-state index in [1.807, 2.05) is 30.3 Å². The van der Waals surface area contributed by atoms with E-state index in [4.69, 9.17) is 14.3 Å². The van der Waals surface area contributed by atoms with E-state index >= 15 is 0 Å². The Balaban J connectivity index is 1.57. The lowest BCUT2D eigenvalue weighted by Crippen LogP contribution is -2.26. The lowest BCUT2D eigenvalue weighted by molar-refractivity contribution is -0.136. The number of furan rings is 1. The Labute approximate surface area is 207 Å². The highest BCUT2D eigenvalue weighted by molar-refractivity contribution is 9.10. The van der Waals surface area contributed by atoms with Crippen molar-refractivity contribution in [1.29, 1.82) is 0 Å². The Morgan fingerprint density at radius 2 is 1.88 bits per heavy atom. The molecule has 7 nitrogen and oxygen atoms in total. The standard InChI is InChI=1S/C26H29BrN2O5/c1-33-19-11-12-21-20(15-19)23(27)25(34-21)24(16-5-3-2-4-6-16)29-18-9-7-17(8-10-18)26(32)28-14-13-22(30)31/h7-12,15-16,24,29H,2-6,13-14H2,1H3,(H,28,32)(H,30,31). The van der Waals surface area contributed by atoms with Crippen molar-refractivity contribution < 1.29 is 23.8 Å². The molecule has 34 heavy (non-hydrogen) atoms. The number of hydrogen-bond acceptors (Lipinski definition) is 5. The van der Waals surface area contributed by atoms with Crippen LogP contribution in [0.4, 0.5) is 5.69 Å². The highest BCUT2D eigenvalue weighted by Crippen LogP contribution is 2.43. The molecule has 180 valence electrons. The number of anilines is 1. The van der Waals surface area contributed by atoms with Crippen LogP contribution in [0.1, 0.15) is 60.7 Å². The molecule has 4 rings (SSSR count). The van der Waals surface area contributed by atoms with Gasteiger partial charge in [0, 0.05) is 23.2 Å². The summed E-state index contributed by atoms with van der Waals surface area (Å²) in [7, 11) is 1.65. The van der Waals surface area contributed by atoms with Crippen molar-refractivity contribution in [1.82, 2.24) is 5.32 Å². The molecule has 1 heterocycles. The van der Waals surface area contributed by atoms with E-state index in [2.05, 4.69) is 26.6 Å². The first-order valence-electron chi connectivity index (χ1n) is 11.6. The molecule has 1 amide bonds. The van der Waals surface area contributed by atoms with Gasteiger partial charge in [0.25, 0.3) is 5.91 Å². The van der Waals surface area contributed by atoms with Crippen molar-refractivity contribution in [2.45, 2.75) is 44.6 Å². The van der Waals surface area contributed by atoms with E-state index in [0.29, 0.717) is 11.5 Å². The lowest BCUT2D eigenvalue weighted by atomic mass is 9.82. The number of halogens is 1. The number of ether oxygens (including phenoxy) is 1. The van der Waals surface area contributed by atoms with Crippen LogP contribution < -0.4 is 15.4 Å². The predicted molar refractivity (Wildman–Crippen MR) is 134 cm³/mol. The van der Waals surface area contributed by atoms with E-state index in [1.54, 1.807) is 19.2 Å². The fourth-order valence-electron chi connectivity index (χ4n) is 4.54. The molecule has 0 radical (unpaired) electrons. The smallest absolute Gasteiger partial charge is 0.305 e. The summed E-state index contributed by atoms with van der Waals surface area (Å²) in [6.45, 7) is 0.1000. The summed E-state index contributed by atoms with van der Waals surface area (Å²) in [5.41, 5.74) is 2.18. The van der Waals surface area contributed by atoms with Crippen molar-refractivity contribution in [3.63, 3.8) is 0 Å². The molecular formula is C26H29BrN2O5. The molecule has 3 N–H and O–H groups in total. The van der Waals surface area contributed by atoms with Gasteiger partial charge >= 0.3 is 5.97 Å². The minimum atomic E-state index is -0.941. The quantitative estimate of drug-likeness (QED) is 0.308. The number of carbonyl (C=O) groups is 2. The summed E-state index contributed by atoms with van der Waals surface area (Å²) < 4.78 is 12.6. The van der Waals surface area contributed by atoms with E-state index < -0.39 is 5.97 Å². The van der Waals surface area contributed by atoms with Crippen LogP contribution in [0.3, 0.4) is 0 Å². The van der Waals surface area contributed by atoms with Crippen LogP contribution in [0.25, 0.3) is 11.0 Å². The number of benzene rings is 2. The zero-order valence-corrected chi connectivity index (χ0v) is 20.7. The van der Waals surface area contributed by atoms with Gasteiger partial charge in [0.05, 0.1) is 24.0 Å². The van der Waals surface area contributed by atoms with Gasteiger partial charge in [0.15, 0.2) is 0 Å². The second kappa shape index (κ2) is 11.0. The number of fused-ring (bicyclic) bond motifs is 1. The van der Waals surface area contributed by atoms with E-state index in [9.17, 15) is 9.59 Å². The SMILES string of the molecule is COc1ccc2oc(C(Nc3ccc(C(=O)NCCC(=O)O)cc3)C3CCCCC3)c(Br)c2c1. The summed E-state index contributed by atoms with van der Waals surface area (Å²) in [5, 5.41) is 16.0. The molecule has 1 aliphatic rings. The Bertz CT molecular complexity index is 1150. The monoisotopic (exact) mass is 528 g/mol. The Kier molecular flexibility index (Phi) is 7.77. The van der Waals surface area contributed by atoms with Crippen molar-refractivity contribution in [2.24, 2.45) is 5.92 Å². The molecule has 2 aromatic carbocycles. The number of nitrogens with one attached hydrogen (secondary N) is 2.